The molecule has 0 atom stereocenters. The molecular formula is C19H22BrN3O5S2. The number of carbonyl (C=O) groups excluding carboxylic acids is 2. The third-order valence-corrected chi connectivity index (χ3v) is 7.66. The quantitative estimate of drug-likeness (QED) is 0.636. The number of halogens is 1. The normalized spacial score (nSPS) is 16.2. The van der Waals surface area contributed by atoms with E-state index in [9.17, 15) is 18.0 Å². The van der Waals surface area contributed by atoms with Gasteiger partial charge in [-0.1, -0.05) is 0 Å². The second-order valence-corrected chi connectivity index (χ2v) is 11.7. The van der Waals surface area contributed by atoms with Crippen LogP contribution in [0.3, 0.4) is 0 Å². The molecule has 2 aromatic rings. The van der Waals surface area contributed by atoms with Crippen LogP contribution in [0.2, 0.25) is 0 Å². The van der Waals surface area contributed by atoms with Gasteiger partial charge in [0.25, 0.3) is 15.9 Å². The number of carbonyl (C=O) groups is 2. The zero-order valence-corrected chi connectivity index (χ0v) is 19.9. The Kier molecular flexibility index (Phi) is 6.56. The fraction of sp³-hybridized carbons (Fsp3) is 0.368. The summed E-state index contributed by atoms with van der Waals surface area (Å²) in [6, 6.07) is 8.44. The number of aryl methyl sites for hydroxylation is 1. The predicted octanol–water partition coefficient (Wildman–Crippen LogP) is 3.09. The summed E-state index contributed by atoms with van der Waals surface area (Å²) in [6.07, 6.45) is 0. The minimum Gasteiger partial charge on any atom is -0.362 e. The van der Waals surface area contributed by atoms with Crippen LogP contribution >= 0.6 is 27.3 Å². The first-order valence-electron chi connectivity index (χ1n) is 9.08. The van der Waals surface area contributed by atoms with E-state index in [0.717, 1.165) is 3.79 Å². The van der Waals surface area contributed by atoms with Gasteiger partial charge in [-0.15, -0.1) is 11.3 Å². The van der Waals surface area contributed by atoms with Crippen molar-refractivity contribution in [3.05, 3.63) is 44.6 Å². The monoisotopic (exact) mass is 515 g/mol. The van der Waals surface area contributed by atoms with E-state index in [1.165, 1.54) is 15.6 Å². The summed E-state index contributed by atoms with van der Waals surface area (Å²) in [5, 5.41) is 5.52. The zero-order valence-electron chi connectivity index (χ0n) is 16.7. The van der Waals surface area contributed by atoms with Crippen molar-refractivity contribution in [2.24, 2.45) is 0 Å². The first-order chi connectivity index (χ1) is 14.0. The summed E-state index contributed by atoms with van der Waals surface area (Å²) in [4.78, 5) is 25.6. The molecule has 2 N–H and O–H groups in total. The summed E-state index contributed by atoms with van der Waals surface area (Å²) in [7, 11) is -3.52. The number of rotatable bonds is 5. The average molecular weight is 516 g/mol. The molecular weight excluding hydrogens is 494 g/mol. The molecule has 2 heterocycles. The lowest BCUT2D eigenvalue weighted by Gasteiger charge is -2.30. The van der Waals surface area contributed by atoms with Crippen LogP contribution in [-0.4, -0.2) is 44.9 Å². The second kappa shape index (κ2) is 8.66. The largest absolute Gasteiger partial charge is 0.362 e. The lowest BCUT2D eigenvalue weighted by Crippen LogP contribution is -2.52. The Balaban J connectivity index is 1.71. The summed E-state index contributed by atoms with van der Waals surface area (Å²) < 4.78 is 31.7. The number of hydrogen-bond donors (Lipinski definition) is 2. The number of ether oxygens (including phenoxy) is 1. The van der Waals surface area contributed by atoms with Crippen molar-refractivity contribution in [3.63, 3.8) is 0 Å². The first kappa shape index (κ1) is 22.7. The number of amides is 2. The topological polar surface area (TPSA) is 105 Å². The van der Waals surface area contributed by atoms with Crippen molar-refractivity contribution >= 4 is 60.5 Å². The SMILES string of the molecule is Cc1cc(NC(=O)C(C)(C)NC(=O)c2ccc(Br)s2)ccc1N1CCOCS1(=O)=O. The average Bonchev–Trinajstić information content (AvgIpc) is 3.08. The maximum absolute atomic E-state index is 12.8. The number of benzene rings is 1. The maximum Gasteiger partial charge on any atom is 0.262 e. The van der Waals surface area contributed by atoms with Gasteiger partial charge in [-0.25, -0.2) is 8.42 Å². The Hall–Kier alpha value is -1.95. The third kappa shape index (κ3) is 5.02. The van der Waals surface area contributed by atoms with E-state index in [4.69, 9.17) is 4.74 Å². The van der Waals surface area contributed by atoms with Crippen molar-refractivity contribution in [3.8, 4) is 0 Å². The summed E-state index contributed by atoms with van der Waals surface area (Å²) in [6.45, 7) is 5.57. The van der Waals surface area contributed by atoms with Gasteiger partial charge in [-0.3, -0.25) is 13.9 Å². The smallest absolute Gasteiger partial charge is 0.262 e. The molecule has 0 bridgehead atoms. The predicted molar refractivity (Wildman–Crippen MR) is 120 cm³/mol. The van der Waals surface area contributed by atoms with Gasteiger partial charge in [-0.05, 0) is 72.6 Å². The molecule has 0 spiro atoms. The Morgan fingerprint density at radius 1 is 1.23 bits per heavy atom. The minimum absolute atomic E-state index is 0.243. The Morgan fingerprint density at radius 2 is 1.97 bits per heavy atom. The standard InChI is InChI=1S/C19H22BrN3O5S2/c1-12-10-13(4-5-14(12)23-8-9-28-11-30(23,26)27)21-18(25)19(2,3)22-17(24)15-6-7-16(20)29-15/h4-7,10H,8-9,11H2,1-3H3,(H,21,25)(H,22,24). The van der Waals surface area contributed by atoms with Gasteiger partial charge in [-0.2, -0.15) is 0 Å². The van der Waals surface area contributed by atoms with E-state index in [0.29, 0.717) is 28.4 Å². The number of sulfonamides is 1. The molecule has 3 rings (SSSR count). The van der Waals surface area contributed by atoms with Gasteiger partial charge in [0.05, 0.1) is 27.5 Å². The van der Waals surface area contributed by atoms with E-state index < -0.39 is 21.5 Å². The van der Waals surface area contributed by atoms with Crippen LogP contribution in [0.4, 0.5) is 11.4 Å². The maximum atomic E-state index is 12.8. The molecule has 0 aliphatic carbocycles. The fourth-order valence-corrected chi connectivity index (χ4v) is 5.52. The van der Waals surface area contributed by atoms with Crippen LogP contribution < -0.4 is 14.9 Å². The molecule has 2 amide bonds. The lowest BCUT2D eigenvalue weighted by molar-refractivity contribution is -0.120. The minimum atomic E-state index is -3.52. The number of nitrogens with zero attached hydrogens (tertiary/aromatic N) is 1. The highest BCUT2D eigenvalue weighted by molar-refractivity contribution is 9.11. The molecule has 11 heteroatoms. The van der Waals surface area contributed by atoms with Crippen LogP contribution in [0, 0.1) is 6.92 Å². The van der Waals surface area contributed by atoms with Crippen LogP contribution in [-0.2, 0) is 19.6 Å². The van der Waals surface area contributed by atoms with E-state index >= 15 is 0 Å². The van der Waals surface area contributed by atoms with Gasteiger partial charge >= 0.3 is 0 Å². The van der Waals surface area contributed by atoms with Crippen molar-refractivity contribution in [1.82, 2.24) is 5.32 Å². The Labute approximate surface area is 187 Å². The van der Waals surface area contributed by atoms with Gasteiger partial charge in [0.15, 0.2) is 5.94 Å². The molecule has 1 aromatic heterocycles. The molecule has 162 valence electrons. The van der Waals surface area contributed by atoms with Crippen molar-refractivity contribution < 1.29 is 22.7 Å². The molecule has 1 saturated heterocycles. The molecule has 0 saturated carbocycles. The Morgan fingerprint density at radius 3 is 2.57 bits per heavy atom. The van der Waals surface area contributed by atoms with Crippen LogP contribution in [0.25, 0.3) is 0 Å². The third-order valence-electron chi connectivity index (χ3n) is 4.52. The molecule has 1 aromatic carbocycles. The number of thiophene rings is 1. The van der Waals surface area contributed by atoms with E-state index in [2.05, 4.69) is 26.6 Å². The molecule has 1 fully saturated rings. The van der Waals surface area contributed by atoms with Gasteiger partial charge in [0, 0.05) is 5.69 Å². The number of nitrogens with one attached hydrogen (secondary N) is 2. The summed E-state index contributed by atoms with van der Waals surface area (Å²) in [5.41, 5.74) is 0.594. The number of anilines is 2. The van der Waals surface area contributed by atoms with E-state index in [1.54, 1.807) is 51.1 Å². The molecule has 1 aliphatic heterocycles. The van der Waals surface area contributed by atoms with Gasteiger partial charge in [0.1, 0.15) is 5.54 Å². The second-order valence-electron chi connectivity index (χ2n) is 7.35. The van der Waals surface area contributed by atoms with E-state index in [-0.39, 0.29) is 18.4 Å². The van der Waals surface area contributed by atoms with Crippen molar-refractivity contribution in [1.29, 1.82) is 0 Å². The van der Waals surface area contributed by atoms with Crippen LogP contribution in [0.1, 0.15) is 29.1 Å². The molecule has 8 nitrogen and oxygen atoms in total. The van der Waals surface area contributed by atoms with Crippen molar-refractivity contribution in [2.75, 3.05) is 28.7 Å². The van der Waals surface area contributed by atoms with Gasteiger partial charge in [0.2, 0.25) is 5.91 Å². The highest BCUT2D eigenvalue weighted by Crippen LogP contribution is 2.28. The van der Waals surface area contributed by atoms with Gasteiger partial charge < -0.3 is 15.4 Å². The highest BCUT2D eigenvalue weighted by Gasteiger charge is 2.31. The zero-order chi connectivity index (χ0) is 22.1. The van der Waals surface area contributed by atoms with Crippen molar-refractivity contribution in [2.45, 2.75) is 26.3 Å². The summed E-state index contributed by atoms with van der Waals surface area (Å²) in [5.74, 6) is -1.08. The Bertz CT molecular complexity index is 1080. The van der Waals surface area contributed by atoms with E-state index in [1.807, 2.05) is 0 Å². The summed E-state index contributed by atoms with van der Waals surface area (Å²) >= 11 is 4.59. The number of hydrogen-bond acceptors (Lipinski definition) is 6. The van der Waals surface area contributed by atoms with Crippen LogP contribution in [0.5, 0.6) is 0 Å². The molecule has 0 radical (unpaired) electrons. The van der Waals surface area contributed by atoms with Crippen LogP contribution in [0.15, 0.2) is 34.1 Å². The fourth-order valence-electron chi connectivity index (χ4n) is 2.92. The first-order valence-corrected chi connectivity index (χ1v) is 12.3. The lowest BCUT2D eigenvalue weighted by atomic mass is 10.0. The molecule has 30 heavy (non-hydrogen) atoms. The molecule has 0 unspecified atom stereocenters. The highest BCUT2D eigenvalue weighted by atomic mass is 79.9. The molecule has 1 aliphatic rings.